The van der Waals surface area contributed by atoms with Gasteiger partial charge in [0.2, 0.25) is 5.78 Å². The monoisotopic (exact) mass is 231 g/mol. The lowest BCUT2D eigenvalue weighted by Gasteiger charge is -1.78. The molecule has 3 rings (SSSR count). The molecule has 0 atom stereocenters. The van der Waals surface area contributed by atoms with Gasteiger partial charge in [0, 0.05) is 18.5 Å². The summed E-state index contributed by atoms with van der Waals surface area (Å²) in [5.41, 5.74) is -0.724. The van der Waals surface area contributed by atoms with Crippen LogP contribution in [-0.2, 0) is 9.59 Å². The molecular formula is C10H5N3O4. The van der Waals surface area contributed by atoms with Crippen LogP contribution >= 0.6 is 0 Å². The molecule has 0 saturated carbocycles. The van der Waals surface area contributed by atoms with E-state index in [9.17, 15) is 19.2 Å². The average Bonchev–Trinajstić information content (AvgIpc) is 2.94. The van der Waals surface area contributed by atoms with E-state index in [1.807, 2.05) is 0 Å². The van der Waals surface area contributed by atoms with E-state index < -0.39 is 22.7 Å². The zero-order valence-electron chi connectivity index (χ0n) is 8.34. The third-order valence-electron chi connectivity index (χ3n) is 1.98. The van der Waals surface area contributed by atoms with Crippen molar-refractivity contribution in [1.29, 1.82) is 0 Å². The molecule has 3 aliphatic heterocycles. The van der Waals surface area contributed by atoms with Gasteiger partial charge < -0.3 is 5.32 Å². The number of ketones is 1. The lowest BCUT2D eigenvalue weighted by atomic mass is 10.4. The smallest absolute Gasteiger partial charge is 0.320 e. The average molecular weight is 231 g/mol. The summed E-state index contributed by atoms with van der Waals surface area (Å²) in [6.07, 6.45) is 3.98. The van der Waals surface area contributed by atoms with Crippen LogP contribution in [0.3, 0.4) is 0 Å². The van der Waals surface area contributed by atoms with Crippen LogP contribution in [0.5, 0.6) is 0 Å². The lowest BCUT2D eigenvalue weighted by Crippen LogP contribution is -2.19. The van der Waals surface area contributed by atoms with Crippen molar-refractivity contribution in [3.63, 3.8) is 0 Å². The second-order valence-electron chi connectivity index (χ2n) is 3.10. The van der Waals surface area contributed by atoms with Crippen molar-refractivity contribution in [2.24, 2.45) is 0 Å². The third kappa shape index (κ3) is 1.98. The number of amides is 1. The van der Waals surface area contributed by atoms with Crippen LogP contribution in [0.1, 0.15) is 0 Å². The second-order valence-corrected chi connectivity index (χ2v) is 3.10. The fourth-order valence-electron chi connectivity index (χ4n) is 1.19. The Morgan fingerprint density at radius 2 is 1.88 bits per heavy atom. The fraction of sp³-hybridized carbons (Fsp3) is 0. The Labute approximate surface area is 93.9 Å². The van der Waals surface area contributed by atoms with E-state index >= 15 is 0 Å². The molecule has 0 unspecified atom stereocenters. The normalized spacial score (nSPS) is 13.6. The van der Waals surface area contributed by atoms with E-state index in [1.54, 1.807) is 0 Å². The molecule has 0 aromatic heterocycles. The molecule has 0 spiro atoms. The highest BCUT2D eigenvalue weighted by atomic mass is 16.2. The summed E-state index contributed by atoms with van der Waals surface area (Å²) < 4.78 is 0. The van der Waals surface area contributed by atoms with Crippen molar-refractivity contribution in [1.82, 2.24) is 15.3 Å². The molecule has 17 heavy (non-hydrogen) atoms. The van der Waals surface area contributed by atoms with Gasteiger partial charge in [-0.2, -0.15) is 0 Å². The van der Waals surface area contributed by atoms with Crippen LogP contribution in [-0.4, -0.2) is 21.7 Å². The standard InChI is InChI=1S/C6H2N2O2.C4H3NO2/c9-5-4-3(1-2-7-4)8-6(5)10;6-3-1-2-5-4(3)7/h1-2H;1-2H,(H,5,6,7). The molecule has 7 heteroatoms. The number of fused-ring (bicyclic) bond motifs is 1. The van der Waals surface area contributed by atoms with Crippen molar-refractivity contribution in [3.05, 3.63) is 45.1 Å². The molecule has 0 aromatic carbocycles. The van der Waals surface area contributed by atoms with Crippen LogP contribution in [0, 0.1) is 0 Å². The molecule has 0 aromatic rings. The summed E-state index contributed by atoms with van der Waals surface area (Å²) in [5.74, 6) is -1.01. The highest BCUT2D eigenvalue weighted by Crippen LogP contribution is 2.08. The Morgan fingerprint density at radius 3 is 2.35 bits per heavy atom. The molecule has 84 valence electrons. The van der Waals surface area contributed by atoms with Gasteiger partial charge in [-0.05, 0) is 6.07 Å². The Morgan fingerprint density at radius 1 is 1.12 bits per heavy atom. The zero-order valence-corrected chi connectivity index (χ0v) is 8.34. The molecule has 3 heterocycles. The van der Waals surface area contributed by atoms with Crippen LogP contribution in [0.25, 0.3) is 11.4 Å². The number of hydrogen-bond donors (Lipinski definition) is 1. The van der Waals surface area contributed by atoms with E-state index in [2.05, 4.69) is 15.3 Å². The Balaban J connectivity index is 0.000000136. The van der Waals surface area contributed by atoms with Gasteiger partial charge in [-0.1, -0.05) is 0 Å². The Kier molecular flexibility index (Phi) is 2.57. The molecule has 1 N–H and O–H groups in total. The predicted octanol–water partition coefficient (Wildman–Crippen LogP) is -1.62. The SMILES string of the molecule is O=C1C=CNC1=O.O=c1nc2ccnc-2c1=O. The van der Waals surface area contributed by atoms with Crippen LogP contribution in [0.15, 0.2) is 34.1 Å². The summed E-state index contributed by atoms with van der Waals surface area (Å²) in [4.78, 5) is 48.5. The molecule has 0 aliphatic carbocycles. The Hall–Kier alpha value is -2.70. The maximum atomic E-state index is 10.8. The summed E-state index contributed by atoms with van der Waals surface area (Å²) in [7, 11) is 0. The zero-order chi connectivity index (χ0) is 12.4. The van der Waals surface area contributed by atoms with Gasteiger partial charge in [-0.3, -0.25) is 24.2 Å². The van der Waals surface area contributed by atoms with E-state index in [0.29, 0.717) is 5.69 Å². The van der Waals surface area contributed by atoms with Crippen LogP contribution in [0.2, 0.25) is 0 Å². The summed E-state index contributed by atoms with van der Waals surface area (Å²) in [5, 5.41) is 2.20. The number of rotatable bonds is 0. The van der Waals surface area contributed by atoms with Gasteiger partial charge in [0.05, 0.1) is 5.69 Å². The first-order valence-electron chi connectivity index (χ1n) is 4.53. The quantitative estimate of drug-likeness (QED) is 0.546. The van der Waals surface area contributed by atoms with Crippen molar-refractivity contribution < 1.29 is 9.59 Å². The lowest BCUT2D eigenvalue weighted by molar-refractivity contribution is -0.133. The number of nitrogens with one attached hydrogen (secondary N) is 1. The summed E-state index contributed by atoms with van der Waals surface area (Å²) in [6.45, 7) is 0. The molecule has 0 radical (unpaired) electrons. The molecular weight excluding hydrogens is 226 g/mol. The van der Waals surface area contributed by atoms with E-state index in [-0.39, 0.29) is 5.69 Å². The predicted molar refractivity (Wildman–Crippen MR) is 55.9 cm³/mol. The molecule has 3 aliphatic rings. The molecule has 0 bridgehead atoms. The van der Waals surface area contributed by atoms with Gasteiger partial charge in [-0.25, -0.2) is 4.98 Å². The first kappa shape index (κ1) is 10.8. The minimum Gasteiger partial charge on any atom is -0.326 e. The van der Waals surface area contributed by atoms with Crippen molar-refractivity contribution >= 4 is 11.7 Å². The number of nitrogens with zero attached hydrogens (tertiary/aromatic N) is 2. The third-order valence-corrected chi connectivity index (χ3v) is 1.98. The highest BCUT2D eigenvalue weighted by molar-refractivity contribution is 6.42. The van der Waals surface area contributed by atoms with Crippen molar-refractivity contribution in [3.8, 4) is 11.4 Å². The molecule has 7 nitrogen and oxygen atoms in total. The Bertz CT molecular complexity index is 666. The van der Waals surface area contributed by atoms with Crippen molar-refractivity contribution in [2.45, 2.75) is 0 Å². The minimum absolute atomic E-state index is 0.185. The fourth-order valence-corrected chi connectivity index (χ4v) is 1.19. The highest BCUT2D eigenvalue weighted by Gasteiger charge is 2.14. The number of aromatic nitrogens is 2. The maximum absolute atomic E-state index is 10.8. The molecule has 1 amide bonds. The topological polar surface area (TPSA) is 106 Å². The molecule has 0 saturated heterocycles. The first-order chi connectivity index (χ1) is 8.09. The number of carbonyl (C=O) groups is 2. The number of carbonyl (C=O) groups excluding carboxylic acids is 2. The van der Waals surface area contributed by atoms with Gasteiger partial charge in [0.15, 0.2) is 0 Å². The van der Waals surface area contributed by atoms with Crippen LogP contribution < -0.4 is 16.3 Å². The first-order valence-corrected chi connectivity index (χ1v) is 4.53. The second kappa shape index (κ2) is 4.05. The van der Waals surface area contributed by atoms with Gasteiger partial charge in [0.1, 0.15) is 5.69 Å². The van der Waals surface area contributed by atoms with Gasteiger partial charge in [0.25, 0.3) is 11.3 Å². The van der Waals surface area contributed by atoms with Gasteiger partial charge >= 0.3 is 5.56 Å². The number of hydrogen-bond acceptors (Lipinski definition) is 6. The minimum atomic E-state index is -0.710. The molecule has 0 fully saturated rings. The van der Waals surface area contributed by atoms with Crippen LogP contribution in [0.4, 0.5) is 0 Å². The largest absolute Gasteiger partial charge is 0.326 e. The van der Waals surface area contributed by atoms with E-state index in [4.69, 9.17) is 0 Å². The maximum Gasteiger partial charge on any atom is 0.320 e. The van der Waals surface area contributed by atoms with Crippen molar-refractivity contribution in [2.75, 3.05) is 0 Å². The van der Waals surface area contributed by atoms with E-state index in [0.717, 1.165) is 0 Å². The summed E-state index contributed by atoms with van der Waals surface area (Å²) in [6, 6.07) is 1.54. The van der Waals surface area contributed by atoms with Gasteiger partial charge in [-0.15, -0.1) is 0 Å². The van der Waals surface area contributed by atoms with E-state index in [1.165, 1.54) is 24.5 Å². The summed E-state index contributed by atoms with van der Waals surface area (Å²) >= 11 is 0.